The Morgan fingerprint density at radius 2 is 1.52 bits per heavy atom. The fraction of sp³-hybridized carbons (Fsp3) is 0.0909. The highest BCUT2D eigenvalue weighted by Gasteiger charge is 2.48. The van der Waals surface area contributed by atoms with Crippen molar-refractivity contribution in [3.05, 3.63) is 94.0 Å². The van der Waals surface area contributed by atoms with Gasteiger partial charge in [-0.1, -0.05) is 47.5 Å². The van der Waals surface area contributed by atoms with Crippen LogP contribution in [0.5, 0.6) is 0 Å². The van der Waals surface area contributed by atoms with E-state index >= 15 is 0 Å². The van der Waals surface area contributed by atoms with E-state index in [4.69, 9.17) is 11.6 Å². The van der Waals surface area contributed by atoms with Crippen LogP contribution in [0.25, 0.3) is 0 Å². The highest BCUT2D eigenvalue weighted by molar-refractivity contribution is 6.32. The van der Waals surface area contributed by atoms with Crippen molar-refractivity contribution in [2.45, 2.75) is 13.1 Å². The molecule has 1 atom stereocenters. The van der Waals surface area contributed by atoms with Crippen LogP contribution in [0.4, 0.5) is 11.4 Å². The Kier molecular flexibility index (Phi) is 3.39. The Hall–Kier alpha value is -3.11. The van der Waals surface area contributed by atoms with E-state index in [0.29, 0.717) is 21.8 Å². The van der Waals surface area contributed by atoms with Crippen LogP contribution < -0.4 is 9.80 Å². The minimum Gasteiger partial charge on any atom is -0.283 e. The average molecular weight is 375 g/mol. The van der Waals surface area contributed by atoms with Crippen LogP contribution in [0.3, 0.4) is 0 Å². The summed E-state index contributed by atoms with van der Waals surface area (Å²) in [5.41, 5.74) is 4.32. The topological polar surface area (TPSA) is 40.6 Å². The van der Waals surface area contributed by atoms with Crippen molar-refractivity contribution in [1.82, 2.24) is 0 Å². The second-order valence-electron chi connectivity index (χ2n) is 6.81. The summed E-state index contributed by atoms with van der Waals surface area (Å²) in [6, 6.07) is 20.3. The lowest BCUT2D eigenvalue weighted by molar-refractivity contribution is 0.0949. The van der Waals surface area contributed by atoms with Crippen LogP contribution >= 0.6 is 11.6 Å². The highest BCUT2D eigenvalue weighted by atomic mass is 35.5. The fourth-order valence-electron chi connectivity index (χ4n) is 3.88. The molecule has 0 saturated carbocycles. The largest absolute Gasteiger partial charge is 0.283 e. The van der Waals surface area contributed by atoms with Crippen LogP contribution in [-0.2, 0) is 0 Å². The molecule has 2 aliphatic heterocycles. The van der Waals surface area contributed by atoms with Gasteiger partial charge in [0, 0.05) is 21.8 Å². The lowest BCUT2D eigenvalue weighted by Gasteiger charge is -2.41. The van der Waals surface area contributed by atoms with Gasteiger partial charge in [0.25, 0.3) is 11.8 Å². The molecule has 3 aromatic carbocycles. The van der Waals surface area contributed by atoms with Crippen LogP contribution in [0.1, 0.15) is 38.0 Å². The first kappa shape index (κ1) is 16.1. The number of nitrogens with zero attached hydrogens (tertiary/aromatic N) is 2. The average Bonchev–Trinajstić information content (AvgIpc) is 2.96. The molecule has 132 valence electrons. The Morgan fingerprint density at radius 3 is 2.30 bits per heavy atom. The van der Waals surface area contributed by atoms with Gasteiger partial charge in [-0.3, -0.25) is 19.4 Å². The fourth-order valence-corrected chi connectivity index (χ4v) is 4.05. The first-order valence-electron chi connectivity index (χ1n) is 8.68. The van der Waals surface area contributed by atoms with Crippen molar-refractivity contribution < 1.29 is 9.59 Å². The number of rotatable bonds is 1. The summed E-state index contributed by atoms with van der Waals surface area (Å²) >= 11 is 6.18. The van der Waals surface area contributed by atoms with Gasteiger partial charge in [-0.2, -0.15) is 0 Å². The first-order valence-corrected chi connectivity index (χ1v) is 9.06. The van der Waals surface area contributed by atoms with Crippen molar-refractivity contribution in [2.75, 3.05) is 9.80 Å². The number of anilines is 2. The van der Waals surface area contributed by atoms with Crippen LogP contribution in [0.2, 0.25) is 5.02 Å². The third kappa shape index (κ3) is 2.23. The Balaban J connectivity index is 1.79. The Labute approximate surface area is 161 Å². The molecule has 5 heteroatoms. The summed E-state index contributed by atoms with van der Waals surface area (Å²) in [5, 5.41) is 0.493. The van der Waals surface area contributed by atoms with Crippen LogP contribution in [-0.4, -0.2) is 11.8 Å². The van der Waals surface area contributed by atoms with E-state index in [1.165, 1.54) is 0 Å². The van der Waals surface area contributed by atoms with Crippen molar-refractivity contribution in [2.24, 2.45) is 0 Å². The lowest BCUT2D eigenvalue weighted by atomic mass is 10.0. The number of benzene rings is 3. The normalized spacial score (nSPS) is 17.6. The molecule has 2 heterocycles. The van der Waals surface area contributed by atoms with E-state index in [2.05, 4.69) is 0 Å². The SMILES string of the molecule is Cc1ccc(N2C(=O)c3ccc(Cl)cc3N3C(=O)c4ccccc4C23)cc1. The number of carbonyl (C=O) groups excluding carboxylic acids is 2. The number of carbonyl (C=O) groups is 2. The quantitative estimate of drug-likeness (QED) is 0.603. The van der Waals surface area contributed by atoms with Gasteiger partial charge in [-0.25, -0.2) is 0 Å². The number of hydrogen-bond donors (Lipinski definition) is 0. The summed E-state index contributed by atoms with van der Waals surface area (Å²) in [4.78, 5) is 30.0. The monoisotopic (exact) mass is 374 g/mol. The van der Waals surface area contributed by atoms with Crippen LogP contribution in [0, 0.1) is 6.92 Å². The maximum Gasteiger partial charge on any atom is 0.262 e. The van der Waals surface area contributed by atoms with Crippen molar-refractivity contribution in [3.8, 4) is 0 Å². The molecular formula is C22H15ClN2O2. The van der Waals surface area contributed by atoms with E-state index in [1.54, 1.807) is 34.1 Å². The molecule has 0 aliphatic carbocycles. The van der Waals surface area contributed by atoms with Gasteiger partial charge < -0.3 is 0 Å². The second-order valence-corrected chi connectivity index (χ2v) is 7.24. The van der Waals surface area contributed by atoms with Gasteiger partial charge in [0.15, 0.2) is 0 Å². The van der Waals surface area contributed by atoms with Gasteiger partial charge in [0.05, 0.1) is 11.3 Å². The minimum absolute atomic E-state index is 0.122. The highest BCUT2D eigenvalue weighted by Crippen LogP contribution is 2.47. The predicted octanol–water partition coefficient (Wildman–Crippen LogP) is 4.97. The maximum absolute atomic E-state index is 13.4. The van der Waals surface area contributed by atoms with Gasteiger partial charge in [-0.05, 0) is 43.3 Å². The molecule has 0 aromatic heterocycles. The van der Waals surface area contributed by atoms with E-state index in [9.17, 15) is 9.59 Å². The number of fused-ring (bicyclic) bond motifs is 5. The summed E-state index contributed by atoms with van der Waals surface area (Å²) < 4.78 is 0. The molecule has 0 saturated heterocycles. The molecule has 0 fully saturated rings. The van der Waals surface area contributed by atoms with E-state index in [1.807, 2.05) is 49.4 Å². The van der Waals surface area contributed by atoms with E-state index in [-0.39, 0.29) is 11.8 Å². The van der Waals surface area contributed by atoms with E-state index in [0.717, 1.165) is 16.8 Å². The molecule has 4 nitrogen and oxygen atoms in total. The number of halogens is 1. The van der Waals surface area contributed by atoms with Crippen molar-refractivity contribution in [3.63, 3.8) is 0 Å². The van der Waals surface area contributed by atoms with Crippen molar-refractivity contribution in [1.29, 1.82) is 0 Å². The molecule has 5 rings (SSSR count). The molecule has 0 bridgehead atoms. The predicted molar refractivity (Wildman–Crippen MR) is 105 cm³/mol. The summed E-state index contributed by atoms with van der Waals surface area (Å²) in [6.07, 6.45) is -0.519. The minimum atomic E-state index is -0.519. The molecule has 2 amide bonds. The number of amides is 2. The Morgan fingerprint density at radius 1 is 0.815 bits per heavy atom. The van der Waals surface area contributed by atoms with Gasteiger partial charge in [-0.15, -0.1) is 0 Å². The number of hydrogen-bond acceptors (Lipinski definition) is 2. The van der Waals surface area contributed by atoms with E-state index < -0.39 is 6.17 Å². The number of aryl methyl sites for hydroxylation is 1. The van der Waals surface area contributed by atoms with Crippen molar-refractivity contribution >= 4 is 34.8 Å². The zero-order chi connectivity index (χ0) is 18.7. The molecule has 1 unspecified atom stereocenters. The first-order chi connectivity index (χ1) is 13.1. The lowest BCUT2D eigenvalue weighted by Crippen LogP contribution is -2.48. The van der Waals surface area contributed by atoms with Gasteiger partial charge in [0.1, 0.15) is 6.17 Å². The molecule has 0 spiro atoms. The Bertz CT molecular complexity index is 1110. The molecule has 27 heavy (non-hydrogen) atoms. The van der Waals surface area contributed by atoms with Gasteiger partial charge in [0.2, 0.25) is 0 Å². The third-order valence-electron chi connectivity index (χ3n) is 5.16. The molecule has 3 aromatic rings. The summed E-state index contributed by atoms with van der Waals surface area (Å²) in [6.45, 7) is 2.00. The zero-order valence-electron chi connectivity index (χ0n) is 14.5. The second kappa shape index (κ2) is 5.69. The molecule has 2 aliphatic rings. The standard InChI is InChI=1S/C22H15ClN2O2/c1-13-6-9-15(10-7-13)24-20-16-4-2-3-5-17(16)21(26)25(20)19-12-14(23)8-11-18(19)22(24)27/h2-12,20H,1H3. The third-order valence-corrected chi connectivity index (χ3v) is 5.39. The summed E-state index contributed by atoms with van der Waals surface area (Å²) in [5.74, 6) is -0.264. The van der Waals surface area contributed by atoms with Gasteiger partial charge >= 0.3 is 0 Å². The zero-order valence-corrected chi connectivity index (χ0v) is 15.3. The molecule has 0 N–H and O–H groups in total. The smallest absolute Gasteiger partial charge is 0.262 e. The molecule has 0 radical (unpaired) electrons. The summed E-state index contributed by atoms with van der Waals surface area (Å²) in [7, 11) is 0. The maximum atomic E-state index is 13.4. The van der Waals surface area contributed by atoms with Crippen LogP contribution in [0.15, 0.2) is 66.7 Å². The molecular weight excluding hydrogens is 360 g/mol.